The number of ether oxygens (including phenoxy) is 1. The quantitative estimate of drug-likeness (QED) is 0.341. The number of benzene rings is 2. The number of hydrogen-bond donors (Lipinski definition) is 0. The van der Waals surface area contributed by atoms with Gasteiger partial charge in [0.2, 0.25) is 0 Å². The van der Waals surface area contributed by atoms with Gasteiger partial charge in [0, 0.05) is 54.8 Å². The molecule has 1 fully saturated rings. The van der Waals surface area contributed by atoms with Crippen LogP contribution >= 0.6 is 11.3 Å². The van der Waals surface area contributed by atoms with Gasteiger partial charge in [0.15, 0.2) is 0 Å². The van der Waals surface area contributed by atoms with E-state index in [9.17, 15) is 14.9 Å². The summed E-state index contributed by atoms with van der Waals surface area (Å²) in [6.45, 7) is 2.54. The lowest BCUT2D eigenvalue weighted by Crippen LogP contribution is -2.48. The van der Waals surface area contributed by atoms with Crippen molar-refractivity contribution >= 4 is 49.7 Å². The van der Waals surface area contributed by atoms with Crippen LogP contribution < -0.4 is 9.64 Å². The minimum Gasteiger partial charge on any atom is -0.497 e. The number of hydrogen-bond acceptors (Lipinski definition) is 7. The number of nitro benzene ring substituents is 1. The van der Waals surface area contributed by atoms with E-state index in [1.807, 2.05) is 35.2 Å². The van der Waals surface area contributed by atoms with E-state index < -0.39 is 4.92 Å². The number of carbonyl (C=O) groups is 1. The fourth-order valence-corrected chi connectivity index (χ4v) is 4.94. The predicted octanol–water partition coefficient (Wildman–Crippen LogP) is 4.33. The number of amides is 1. The molecule has 1 amide bonds. The van der Waals surface area contributed by atoms with E-state index in [1.165, 1.54) is 23.5 Å². The average Bonchev–Trinajstić information content (AvgIpc) is 3.24. The van der Waals surface area contributed by atoms with Gasteiger partial charge in [-0.3, -0.25) is 14.9 Å². The molecule has 0 atom stereocenters. The molecule has 9 heteroatoms. The second-order valence-electron chi connectivity index (χ2n) is 7.60. The first-order valence-electron chi connectivity index (χ1n) is 10.2. The van der Waals surface area contributed by atoms with Crippen LogP contribution in [0, 0.1) is 10.1 Å². The van der Waals surface area contributed by atoms with Crippen LogP contribution in [-0.2, 0) is 0 Å². The fourth-order valence-electron chi connectivity index (χ4n) is 3.95. The molecule has 2 aromatic carbocycles. The van der Waals surface area contributed by atoms with Crippen LogP contribution in [0.2, 0.25) is 0 Å². The van der Waals surface area contributed by atoms with Crippen LogP contribution in [-0.4, -0.2) is 54.0 Å². The lowest BCUT2D eigenvalue weighted by Gasteiger charge is -2.35. The van der Waals surface area contributed by atoms with Gasteiger partial charge in [-0.15, -0.1) is 11.3 Å². The van der Waals surface area contributed by atoms with E-state index in [-0.39, 0.29) is 11.6 Å². The number of anilines is 1. The van der Waals surface area contributed by atoms with Gasteiger partial charge < -0.3 is 14.5 Å². The largest absolute Gasteiger partial charge is 0.497 e. The van der Waals surface area contributed by atoms with Crippen LogP contribution in [0.4, 0.5) is 11.4 Å². The molecule has 32 heavy (non-hydrogen) atoms. The standard InChI is InChI=1S/C23H20N4O4S/c1-31-19-6-7-20-15(13-19)12-16-14-21(32-22(16)24-20)23(28)26-10-8-25(9-11-26)17-2-4-18(5-3-17)27(29)30/h2-7,12-14H,8-11H2,1H3. The van der Waals surface area contributed by atoms with Gasteiger partial charge in [0.05, 0.1) is 22.4 Å². The van der Waals surface area contributed by atoms with Crippen LogP contribution in [0.25, 0.3) is 21.1 Å². The van der Waals surface area contributed by atoms with Gasteiger partial charge in [-0.25, -0.2) is 4.98 Å². The van der Waals surface area contributed by atoms with Crippen molar-refractivity contribution in [3.63, 3.8) is 0 Å². The van der Waals surface area contributed by atoms with Crippen LogP contribution in [0.5, 0.6) is 5.75 Å². The summed E-state index contributed by atoms with van der Waals surface area (Å²) in [4.78, 5) is 33.8. The zero-order chi connectivity index (χ0) is 22.2. The summed E-state index contributed by atoms with van der Waals surface area (Å²) in [7, 11) is 1.63. The predicted molar refractivity (Wildman–Crippen MR) is 125 cm³/mol. The van der Waals surface area contributed by atoms with E-state index in [0.29, 0.717) is 31.1 Å². The van der Waals surface area contributed by atoms with Crippen molar-refractivity contribution in [3.05, 3.63) is 69.6 Å². The number of pyridine rings is 1. The van der Waals surface area contributed by atoms with Crippen molar-refractivity contribution in [3.8, 4) is 5.75 Å². The molecule has 1 saturated heterocycles. The molecule has 5 rings (SSSR count). The third kappa shape index (κ3) is 3.71. The number of rotatable bonds is 4. The molecule has 2 aromatic heterocycles. The van der Waals surface area contributed by atoms with Crippen molar-refractivity contribution in [2.75, 3.05) is 38.2 Å². The fraction of sp³-hybridized carbons (Fsp3) is 0.217. The minimum atomic E-state index is -0.403. The molecule has 4 aromatic rings. The average molecular weight is 449 g/mol. The second-order valence-corrected chi connectivity index (χ2v) is 8.64. The van der Waals surface area contributed by atoms with Crippen molar-refractivity contribution in [2.45, 2.75) is 0 Å². The molecular weight excluding hydrogens is 428 g/mol. The number of nitro groups is 1. The van der Waals surface area contributed by atoms with Gasteiger partial charge in [-0.05, 0) is 42.5 Å². The molecular formula is C23H20N4O4S. The molecule has 1 aliphatic rings. The number of thiophene rings is 1. The number of fused-ring (bicyclic) bond motifs is 2. The normalized spacial score (nSPS) is 14.2. The summed E-state index contributed by atoms with van der Waals surface area (Å²) in [6, 6.07) is 16.2. The Morgan fingerprint density at radius 2 is 1.78 bits per heavy atom. The Kier molecular flexibility index (Phi) is 5.10. The second kappa shape index (κ2) is 8.08. The maximum absolute atomic E-state index is 13.1. The number of aromatic nitrogens is 1. The molecule has 8 nitrogen and oxygen atoms in total. The van der Waals surface area contributed by atoms with Gasteiger partial charge in [-0.1, -0.05) is 0 Å². The molecule has 162 valence electrons. The summed E-state index contributed by atoms with van der Waals surface area (Å²) >= 11 is 1.41. The van der Waals surface area contributed by atoms with E-state index in [4.69, 9.17) is 9.72 Å². The molecule has 0 spiro atoms. The Bertz CT molecular complexity index is 1330. The zero-order valence-corrected chi connectivity index (χ0v) is 18.2. The molecule has 0 bridgehead atoms. The van der Waals surface area contributed by atoms with Crippen molar-refractivity contribution in [1.29, 1.82) is 0 Å². The lowest BCUT2D eigenvalue weighted by molar-refractivity contribution is -0.384. The van der Waals surface area contributed by atoms with Crippen LogP contribution in [0.15, 0.2) is 54.6 Å². The highest BCUT2D eigenvalue weighted by Crippen LogP contribution is 2.30. The summed E-state index contributed by atoms with van der Waals surface area (Å²) in [5.74, 6) is 0.786. The molecule has 0 N–H and O–H groups in total. The van der Waals surface area contributed by atoms with E-state index in [2.05, 4.69) is 4.90 Å². The number of carbonyl (C=O) groups excluding carboxylic acids is 1. The summed E-state index contributed by atoms with van der Waals surface area (Å²) in [6.07, 6.45) is 0. The summed E-state index contributed by atoms with van der Waals surface area (Å²) < 4.78 is 5.29. The van der Waals surface area contributed by atoms with Crippen molar-refractivity contribution in [2.24, 2.45) is 0 Å². The molecule has 0 unspecified atom stereocenters. The van der Waals surface area contributed by atoms with Gasteiger partial charge in [0.25, 0.3) is 11.6 Å². The van der Waals surface area contributed by atoms with Gasteiger partial charge in [-0.2, -0.15) is 0 Å². The highest BCUT2D eigenvalue weighted by molar-refractivity contribution is 7.20. The van der Waals surface area contributed by atoms with Crippen molar-refractivity contribution < 1.29 is 14.5 Å². The smallest absolute Gasteiger partial charge is 0.269 e. The first-order chi connectivity index (χ1) is 15.5. The summed E-state index contributed by atoms with van der Waals surface area (Å²) in [5, 5.41) is 12.8. The Hall–Kier alpha value is -3.72. The number of methoxy groups -OCH3 is 1. The third-order valence-electron chi connectivity index (χ3n) is 5.71. The Morgan fingerprint density at radius 3 is 2.47 bits per heavy atom. The molecule has 0 saturated carbocycles. The topological polar surface area (TPSA) is 88.8 Å². The molecule has 0 aliphatic carbocycles. The van der Waals surface area contributed by atoms with E-state index in [1.54, 1.807) is 19.2 Å². The zero-order valence-electron chi connectivity index (χ0n) is 17.4. The SMILES string of the molecule is COc1ccc2nc3sc(C(=O)N4CCN(c5ccc([N+](=O)[O-])cc5)CC4)cc3cc2c1. The Balaban J connectivity index is 1.31. The lowest BCUT2D eigenvalue weighted by atomic mass is 10.2. The highest BCUT2D eigenvalue weighted by atomic mass is 32.1. The third-order valence-corrected chi connectivity index (χ3v) is 6.74. The number of piperazine rings is 1. The molecule has 1 aliphatic heterocycles. The van der Waals surface area contributed by atoms with Gasteiger partial charge in [0.1, 0.15) is 10.6 Å². The molecule has 3 heterocycles. The monoisotopic (exact) mass is 448 g/mol. The maximum Gasteiger partial charge on any atom is 0.269 e. The maximum atomic E-state index is 13.1. The Labute approximate surface area is 187 Å². The van der Waals surface area contributed by atoms with Crippen molar-refractivity contribution in [1.82, 2.24) is 9.88 Å². The van der Waals surface area contributed by atoms with Crippen LogP contribution in [0.3, 0.4) is 0 Å². The summed E-state index contributed by atoms with van der Waals surface area (Å²) in [5.41, 5.74) is 1.87. The number of non-ortho nitro benzene ring substituents is 1. The minimum absolute atomic E-state index is 0.0120. The first kappa shape index (κ1) is 20.2. The van der Waals surface area contributed by atoms with Crippen LogP contribution in [0.1, 0.15) is 9.67 Å². The highest BCUT2D eigenvalue weighted by Gasteiger charge is 2.24. The number of nitrogens with zero attached hydrogens (tertiary/aromatic N) is 4. The Morgan fingerprint density at radius 1 is 1.03 bits per heavy atom. The molecule has 0 radical (unpaired) electrons. The van der Waals surface area contributed by atoms with E-state index >= 15 is 0 Å². The first-order valence-corrected chi connectivity index (χ1v) is 11.0. The van der Waals surface area contributed by atoms with Gasteiger partial charge >= 0.3 is 0 Å². The van der Waals surface area contributed by atoms with E-state index in [0.717, 1.165) is 32.6 Å².